The molecule has 0 spiro atoms. The summed E-state index contributed by atoms with van der Waals surface area (Å²) in [4.78, 5) is 18.4. The second kappa shape index (κ2) is 6.29. The molecule has 4 nitrogen and oxygen atoms in total. The minimum atomic E-state index is -0.972. The van der Waals surface area contributed by atoms with Gasteiger partial charge in [0.2, 0.25) is 0 Å². The molecule has 3 aromatic rings. The van der Waals surface area contributed by atoms with Crippen molar-refractivity contribution in [3.05, 3.63) is 69.9 Å². The van der Waals surface area contributed by atoms with E-state index in [-0.39, 0.29) is 11.6 Å². The van der Waals surface area contributed by atoms with Gasteiger partial charge in [-0.25, -0.2) is 4.79 Å². The van der Waals surface area contributed by atoms with Crippen LogP contribution in [0.15, 0.2) is 42.6 Å². The number of carboxylic acid groups (broad SMARTS) is 1. The van der Waals surface area contributed by atoms with Crippen LogP contribution in [-0.4, -0.2) is 23.1 Å². The van der Waals surface area contributed by atoms with Crippen LogP contribution in [0.3, 0.4) is 0 Å². The van der Waals surface area contributed by atoms with Gasteiger partial charge in [-0.2, -0.15) is 0 Å². The number of aromatic nitrogens is 1. The number of hydrogen-bond acceptors (Lipinski definition) is 3. The van der Waals surface area contributed by atoms with Crippen LogP contribution in [0.4, 0.5) is 5.69 Å². The molecule has 26 heavy (non-hydrogen) atoms. The molecule has 4 rings (SSSR count). The largest absolute Gasteiger partial charge is 0.478 e. The summed E-state index contributed by atoms with van der Waals surface area (Å²) in [7, 11) is 1.97. The van der Waals surface area contributed by atoms with E-state index < -0.39 is 5.97 Å². The average Bonchev–Trinajstić information content (AvgIpc) is 3.07. The predicted molar refractivity (Wildman–Crippen MR) is 104 cm³/mol. The van der Waals surface area contributed by atoms with E-state index in [2.05, 4.69) is 28.1 Å². The third-order valence-electron chi connectivity index (χ3n) is 5.35. The number of benzene rings is 2. The van der Waals surface area contributed by atoms with Gasteiger partial charge in [-0.1, -0.05) is 35.9 Å². The first-order valence-corrected chi connectivity index (χ1v) is 8.98. The van der Waals surface area contributed by atoms with Crippen molar-refractivity contribution in [2.24, 2.45) is 0 Å². The Morgan fingerprint density at radius 3 is 2.81 bits per heavy atom. The number of pyridine rings is 1. The number of nitrogens with zero attached hydrogens (tertiary/aromatic N) is 2. The summed E-state index contributed by atoms with van der Waals surface area (Å²) >= 11 is 6.25. The molecule has 1 heterocycles. The smallest absolute Gasteiger partial charge is 0.339 e. The van der Waals surface area contributed by atoms with Crippen LogP contribution in [0.1, 0.15) is 39.5 Å². The Kier molecular flexibility index (Phi) is 4.08. The normalized spacial score (nSPS) is 15.9. The minimum Gasteiger partial charge on any atom is -0.478 e. The fraction of sp³-hybridized carbons (Fsp3) is 0.238. The first-order valence-electron chi connectivity index (χ1n) is 8.60. The van der Waals surface area contributed by atoms with Gasteiger partial charge in [0, 0.05) is 23.7 Å². The maximum Gasteiger partial charge on any atom is 0.339 e. The first-order chi connectivity index (χ1) is 12.5. The molecule has 2 aromatic carbocycles. The number of hydrogen-bond donors (Lipinski definition) is 1. The number of carboxylic acids is 1. The zero-order chi connectivity index (χ0) is 18.4. The summed E-state index contributed by atoms with van der Waals surface area (Å²) in [5.41, 5.74) is 5.12. The van der Waals surface area contributed by atoms with E-state index in [9.17, 15) is 9.90 Å². The number of anilines is 1. The van der Waals surface area contributed by atoms with Gasteiger partial charge in [0.1, 0.15) is 5.56 Å². The van der Waals surface area contributed by atoms with E-state index in [4.69, 9.17) is 11.6 Å². The molecule has 0 amide bonds. The van der Waals surface area contributed by atoms with Crippen LogP contribution in [0.25, 0.3) is 10.9 Å². The molecule has 0 radical (unpaired) electrons. The highest BCUT2D eigenvalue weighted by molar-refractivity contribution is 6.32. The molecule has 1 unspecified atom stereocenters. The van der Waals surface area contributed by atoms with E-state index in [1.54, 1.807) is 0 Å². The predicted octanol–water partition coefficient (Wildman–Crippen LogP) is 5.02. The average molecular weight is 367 g/mol. The lowest BCUT2D eigenvalue weighted by Gasteiger charge is -2.30. The van der Waals surface area contributed by atoms with Crippen LogP contribution in [0.2, 0.25) is 5.02 Å². The molecule has 132 valence electrons. The fourth-order valence-electron chi connectivity index (χ4n) is 4.00. The molecule has 1 aliphatic rings. The Hall–Kier alpha value is -2.59. The maximum absolute atomic E-state index is 11.9. The van der Waals surface area contributed by atoms with Crippen LogP contribution in [0, 0.1) is 6.92 Å². The van der Waals surface area contributed by atoms with Crippen molar-refractivity contribution >= 4 is 34.2 Å². The molecular formula is C21H19ClN2O2. The standard InChI is InChI=1S/C21H19ClN2O2/c1-12-17(22)9-8-15-19(12)23-11-16(21(25)26)20(15)24(2)18-10-7-13-5-3-4-6-14(13)18/h3-6,8-9,11,18H,7,10H2,1-2H3,(H,25,26). The highest BCUT2D eigenvalue weighted by atomic mass is 35.5. The lowest BCUT2D eigenvalue weighted by molar-refractivity contribution is 0.0697. The molecule has 1 aliphatic carbocycles. The second-order valence-corrected chi connectivity index (χ2v) is 7.17. The van der Waals surface area contributed by atoms with Crippen LogP contribution in [-0.2, 0) is 6.42 Å². The Labute approximate surface area is 157 Å². The van der Waals surface area contributed by atoms with Crippen molar-refractivity contribution in [2.45, 2.75) is 25.8 Å². The monoisotopic (exact) mass is 366 g/mol. The van der Waals surface area contributed by atoms with E-state index in [1.165, 1.54) is 17.3 Å². The van der Waals surface area contributed by atoms with Crippen molar-refractivity contribution in [1.82, 2.24) is 4.98 Å². The van der Waals surface area contributed by atoms with Gasteiger partial charge in [0.15, 0.2) is 0 Å². The molecule has 0 saturated carbocycles. The molecular weight excluding hydrogens is 348 g/mol. The lowest BCUT2D eigenvalue weighted by Crippen LogP contribution is -2.25. The van der Waals surface area contributed by atoms with Gasteiger partial charge in [0.05, 0.1) is 17.2 Å². The highest BCUT2D eigenvalue weighted by Gasteiger charge is 2.29. The fourth-order valence-corrected chi connectivity index (χ4v) is 4.15. The second-order valence-electron chi connectivity index (χ2n) is 6.76. The van der Waals surface area contributed by atoms with Gasteiger partial charge in [-0.05, 0) is 48.6 Å². The van der Waals surface area contributed by atoms with Crippen molar-refractivity contribution in [1.29, 1.82) is 0 Å². The molecule has 0 bridgehead atoms. The Morgan fingerprint density at radius 1 is 1.27 bits per heavy atom. The summed E-state index contributed by atoms with van der Waals surface area (Å²) < 4.78 is 0. The summed E-state index contributed by atoms with van der Waals surface area (Å²) in [6, 6.07) is 12.2. The number of rotatable bonds is 3. The van der Waals surface area contributed by atoms with Gasteiger partial charge in [-0.3, -0.25) is 4.98 Å². The number of aromatic carboxylic acids is 1. The third kappa shape index (κ3) is 2.53. The molecule has 1 N–H and O–H groups in total. The molecule has 1 atom stereocenters. The van der Waals surface area contributed by atoms with Crippen molar-refractivity contribution in [3.63, 3.8) is 0 Å². The zero-order valence-corrected chi connectivity index (χ0v) is 15.4. The Bertz CT molecular complexity index is 1030. The van der Waals surface area contributed by atoms with Crippen molar-refractivity contribution in [3.8, 4) is 0 Å². The van der Waals surface area contributed by atoms with Crippen LogP contribution < -0.4 is 4.90 Å². The maximum atomic E-state index is 11.9. The molecule has 0 aliphatic heterocycles. The van der Waals surface area contributed by atoms with E-state index in [0.29, 0.717) is 10.7 Å². The molecule has 5 heteroatoms. The number of carbonyl (C=O) groups is 1. The van der Waals surface area contributed by atoms with Gasteiger partial charge < -0.3 is 10.0 Å². The summed E-state index contributed by atoms with van der Waals surface area (Å²) in [5.74, 6) is -0.972. The summed E-state index contributed by atoms with van der Waals surface area (Å²) in [5, 5.41) is 11.2. The summed E-state index contributed by atoms with van der Waals surface area (Å²) in [6.07, 6.45) is 3.41. The quantitative estimate of drug-likeness (QED) is 0.707. The SMILES string of the molecule is Cc1c(Cl)ccc2c(N(C)C3CCc4ccccc43)c(C(=O)O)cnc12. The minimum absolute atomic E-state index is 0.144. The van der Waals surface area contributed by atoms with Crippen molar-refractivity contribution in [2.75, 3.05) is 11.9 Å². The Morgan fingerprint density at radius 2 is 2.04 bits per heavy atom. The van der Waals surface area contributed by atoms with Gasteiger partial charge in [0.25, 0.3) is 0 Å². The lowest BCUT2D eigenvalue weighted by atomic mass is 10.0. The summed E-state index contributed by atoms with van der Waals surface area (Å²) in [6.45, 7) is 1.91. The Balaban J connectivity index is 1.94. The molecule has 0 saturated heterocycles. The van der Waals surface area contributed by atoms with Crippen LogP contribution >= 0.6 is 11.6 Å². The van der Waals surface area contributed by atoms with E-state index >= 15 is 0 Å². The van der Waals surface area contributed by atoms with Gasteiger partial charge in [-0.15, -0.1) is 0 Å². The topological polar surface area (TPSA) is 53.4 Å². The zero-order valence-electron chi connectivity index (χ0n) is 14.7. The van der Waals surface area contributed by atoms with E-state index in [1.807, 2.05) is 32.2 Å². The highest BCUT2D eigenvalue weighted by Crippen LogP contribution is 2.41. The number of aryl methyl sites for hydroxylation is 2. The van der Waals surface area contributed by atoms with Gasteiger partial charge >= 0.3 is 5.97 Å². The van der Waals surface area contributed by atoms with E-state index in [0.717, 1.165) is 29.3 Å². The third-order valence-corrected chi connectivity index (χ3v) is 5.76. The molecule has 0 fully saturated rings. The number of halogens is 1. The van der Waals surface area contributed by atoms with Crippen molar-refractivity contribution < 1.29 is 9.90 Å². The number of fused-ring (bicyclic) bond motifs is 2. The van der Waals surface area contributed by atoms with Crippen LogP contribution in [0.5, 0.6) is 0 Å². The molecule has 1 aromatic heterocycles. The first kappa shape index (κ1) is 16.9.